The zero-order valence-corrected chi connectivity index (χ0v) is 25.8. The summed E-state index contributed by atoms with van der Waals surface area (Å²) in [6.45, 7) is 12.5. The van der Waals surface area contributed by atoms with Crippen LogP contribution < -0.4 is 9.64 Å². The summed E-state index contributed by atoms with van der Waals surface area (Å²) >= 11 is 1.64. The number of aryl methyl sites for hydroxylation is 2. The number of ether oxygens (including phenoxy) is 2. The van der Waals surface area contributed by atoms with E-state index in [9.17, 15) is 9.90 Å². The minimum Gasteiger partial charge on any atom is -0.488 e. The minimum absolute atomic E-state index is 0.238. The van der Waals surface area contributed by atoms with Crippen LogP contribution in [0.2, 0.25) is 0 Å². The second-order valence-corrected chi connectivity index (χ2v) is 13.7. The van der Waals surface area contributed by atoms with Gasteiger partial charge in [0.05, 0.1) is 17.7 Å². The third-order valence-electron chi connectivity index (χ3n) is 10.4. The van der Waals surface area contributed by atoms with Crippen molar-refractivity contribution in [1.82, 2.24) is 9.88 Å². The van der Waals surface area contributed by atoms with E-state index >= 15 is 0 Å². The van der Waals surface area contributed by atoms with E-state index in [0.29, 0.717) is 19.1 Å². The highest BCUT2D eigenvalue weighted by atomic mass is 32.1. The fraction of sp³-hybridized carbons (Fsp3) is 0.529. The van der Waals surface area contributed by atoms with Crippen LogP contribution >= 0.6 is 11.3 Å². The average molecular weight is 588 g/mol. The number of aromatic nitrogens is 1. The predicted molar refractivity (Wildman–Crippen MR) is 165 cm³/mol. The van der Waals surface area contributed by atoms with Gasteiger partial charge in [-0.15, -0.1) is 11.3 Å². The Morgan fingerprint density at radius 2 is 2.10 bits per heavy atom. The molecule has 3 atom stereocenters. The second-order valence-electron chi connectivity index (χ2n) is 12.8. The number of nitrogens with zero attached hydrogens (tertiary/aromatic N) is 3. The monoisotopic (exact) mass is 587 g/mol. The number of benzene rings is 2. The Hall–Kier alpha value is -2.94. The van der Waals surface area contributed by atoms with Gasteiger partial charge in [-0.05, 0) is 98.2 Å². The highest BCUT2D eigenvalue weighted by Gasteiger charge is 2.62. The number of para-hydroxylation sites is 1. The zero-order chi connectivity index (χ0) is 29.0. The summed E-state index contributed by atoms with van der Waals surface area (Å²) in [5.74, 6) is 0.495. The summed E-state index contributed by atoms with van der Waals surface area (Å²) in [6, 6.07) is 9.15. The van der Waals surface area contributed by atoms with E-state index < -0.39 is 11.4 Å². The van der Waals surface area contributed by atoms with E-state index in [-0.39, 0.29) is 5.92 Å². The summed E-state index contributed by atoms with van der Waals surface area (Å²) in [5.41, 5.74) is 9.52. The van der Waals surface area contributed by atoms with Crippen LogP contribution in [0.15, 0.2) is 29.6 Å². The highest BCUT2D eigenvalue weighted by molar-refractivity contribution is 7.14. The van der Waals surface area contributed by atoms with Crippen LogP contribution in [0.1, 0.15) is 59.1 Å². The van der Waals surface area contributed by atoms with Crippen LogP contribution in [0.3, 0.4) is 0 Å². The van der Waals surface area contributed by atoms with Gasteiger partial charge >= 0.3 is 5.97 Å². The molecule has 0 bridgehead atoms. The summed E-state index contributed by atoms with van der Waals surface area (Å²) in [5, 5.41) is 12.7. The smallest absolute Gasteiger partial charge is 0.310 e. The lowest BCUT2D eigenvalue weighted by Crippen LogP contribution is -2.44. The van der Waals surface area contributed by atoms with Crippen LogP contribution in [0.4, 0.5) is 5.13 Å². The van der Waals surface area contributed by atoms with E-state index in [2.05, 4.69) is 60.2 Å². The van der Waals surface area contributed by atoms with Crippen molar-refractivity contribution in [2.24, 2.45) is 11.3 Å². The Kier molecular flexibility index (Phi) is 7.27. The van der Waals surface area contributed by atoms with Crippen molar-refractivity contribution in [3.63, 3.8) is 0 Å². The molecule has 4 aliphatic rings. The van der Waals surface area contributed by atoms with E-state index in [1.54, 1.807) is 11.3 Å². The van der Waals surface area contributed by atoms with Gasteiger partial charge in [0.1, 0.15) is 12.4 Å². The Morgan fingerprint density at radius 3 is 2.88 bits per heavy atom. The first-order valence-corrected chi connectivity index (χ1v) is 16.3. The fourth-order valence-corrected chi connectivity index (χ4v) is 8.44. The van der Waals surface area contributed by atoms with Gasteiger partial charge in [-0.25, -0.2) is 4.98 Å². The number of thiazole rings is 1. The van der Waals surface area contributed by atoms with Crippen molar-refractivity contribution in [3.05, 3.63) is 63.0 Å². The van der Waals surface area contributed by atoms with Crippen LogP contribution in [-0.4, -0.2) is 59.8 Å². The molecule has 3 aliphatic heterocycles. The maximum absolute atomic E-state index is 11.7. The van der Waals surface area contributed by atoms with Gasteiger partial charge in [0.15, 0.2) is 5.13 Å². The molecule has 1 N–H and O–H groups in total. The number of hydrogen-bond acceptors (Lipinski definition) is 7. The maximum atomic E-state index is 11.7. The van der Waals surface area contributed by atoms with Crippen molar-refractivity contribution in [2.45, 2.75) is 72.1 Å². The molecule has 8 heteroatoms. The summed E-state index contributed by atoms with van der Waals surface area (Å²) in [4.78, 5) is 21.6. The molecule has 0 radical (unpaired) electrons. The number of rotatable bonds is 7. The third-order valence-corrected chi connectivity index (χ3v) is 11.3. The van der Waals surface area contributed by atoms with Crippen molar-refractivity contribution in [1.29, 1.82) is 0 Å². The molecule has 3 fully saturated rings. The number of carboxylic acid groups (broad SMARTS) is 1. The lowest BCUT2D eigenvalue weighted by atomic mass is 9.87. The molecule has 4 heterocycles. The van der Waals surface area contributed by atoms with Gasteiger partial charge in [-0.3, -0.25) is 9.69 Å². The SMILES string of the molecule is Cc1cc(COc2c(C)cccc2-c2csc(N3CC[C@@]4(C(=O)O)C[C@H]4C3)n2)c(C)c2c1CN(C1CCCOC1)CC2. The van der Waals surface area contributed by atoms with Gasteiger partial charge < -0.3 is 19.5 Å². The van der Waals surface area contributed by atoms with Crippen molar-refractivity contribution in [3.8, 4) is 17.0 Å². The first-order valence-electron chi connectivity index (χ1n) is 15.4. The van der Waals surface area contributed by atoms with E-state index in [0.717, 1.165) is 86.4 Å². The number of hydrogen-bond donors (Lipinski definition) is 1. The molecule has 0 amide bonds. The number of anilines is 1. The van der Waals surface area contributed by atoms with Crippen molar-refractivity contribution < 1.29 is 19.4 Å². The van der Waals surface area contributed by atoms with Crippen LogP contribution in [0, 0.1) is 32.1 Å². The average Bonchev–Trinajstić information content (AvgIpc) is 3.56. The highest BCUT2D eigenvalue weighted by Crippen LogP contribution is 2.58. The molecule has 3 aromatic rings. The van der Waals surface area contributed by atoms with Gasteiger partial charge in [-0.1, -0.05) is 18.2 Å². The molecule has 0 spiro atoms. The molecule has 7 nitrogen and oxygen atoms in total. The molecule has 1 saturated carbocycles. The van der Waals surface area contributed by atoms with E-state index in [1.165, 1.54) is 34.2 Å². The van der Waals surface area contributed by atoms with E-state index in [1.807, 2.05) is 0 Å². The number of carboxylic acids is 1. The van der Waals surface area contributed by atoms with Crippen LogP contribution in [-0.2, 0) is 29.1 Å². The number of carbonyl (C=O) groups is 1. The molecule has 2 aromatic carbocycles. The Morgan fingerprint density at radius 1 is 1.21 bits per heavy atom. The Balaban J connectivity index is 1.08. The largest absolute Gasteiger partial charge is 0.488 e. The first-order chi connectivity index (χ1) is 20.3. The fourth-order valence-electron chi connectivity index (χ4n) is 7.57. The lowest BCUT2D eigenvalue weighted by molar-refractivity contribution is -0.144. The van der Waals surface area contributed by atoms with Crippen molar-refractivity contribution >= 4 is 22.4 Å². The topological polar surface area (TPSA) is 75.1 Å². The first kappa shape index (κ1) is 27.9. The number of aliphatic carboxylic acids is 1. The molecule has 1 unspecified atom stereocenters. The Bertz CT molecular complexity index is 1510. The minimum atomic E-state index is -0.630. The molecule has 2 saturated heterocycles. The quantitative estimate of drug-likeness (QED) is 0.355. The molecular formula is C34H41N3O4S. The zero-order valence-electron chi connectivity index (χ0n) is 24.9. The van der Waals surface area contributed by atoms with E-state index in [4.69, 9.17) is 14.5 Å². The number of fused-ring (bicyclic) bond motifs is 2. The standard InChI is InChI=1S/C34H41N3O4S/c1-21-6-4-8-28(30-20-42-33(35-30)37-12-10-34(32(38)39)15-25(34)16-37)31(21)41-18-24-14-22(2)29-17-36(11-9-27(29)23(24)3)26-7-5-13-40-19-26/h4,6,8,14,20,25-26H,5,7,9-13,15-19H2,1-3H3,(H,38,39)/t25-,26?,34+/m0/s1. The van der Waals surface area contributed by atoms with Gasteiger partial charge in [0, 0.05) is 49.8 Å². The summed E-state index contributed by atoms with van der Waals surface area (Å²) in [6.07, 6.45) is 4.98. The molecular weight excluding hydrogens is 546 g/mol. The maximum Gasteiger partial charge on any atom is 0.310 e. The Labute approximate surface area is 252 Å². The lowest BCUT2D eigenvalue weighted by Gasteiger charge is -2.38. The molecule has 7 rings (SSSR count). The summed E-state index contributed by atoms with van der Waals surface area (Å²) < 4.78 is 12.4. The predicted octanol–water partition coefficient (Wildman–Crippen LogP) is 6.15. The van der Waals surface area contributed by atoms with Crippen LogP contribution in [0.5, 0.6) is 5.75 Å². The number of piperidine rings is 1. The normalized spacial score (nSPS) is 25.5. The third kappa shape index (κ3) is 4.91. The van der Waals surface area contributed by atoms with Gasteiger partial charge in [-0.2, -0.15) is 0 Å². The van der Waals surface area contributed by atoms with Crippen molar-refractivity contribution in [2.75, 3.05) is 37.7 Å². The summed E-state index contributed by atoms with van der Waals surface area (Å²) in [7, 11) is 0. The van der Waals surface area contributed by atoms with Gasteiger partial charge in [0.25, 0.3) is 0 Å². The molecule has 1 aliphatic carbocycles. The molecule has 222 valence electrons. The van der Waals surface area contributed by atoms with Gasteiger partial charge in [0.2, 0.25) is 0 Å². The molecule has 42 heavy (non-hydrogen) atoms. The second kappa shape index (κ2) is 11.0. The molecule has 1 aromatic heterocycles. The van der Waals surface area contributed by atoms with Crippen LogP contribution in [0.25, 0.3) is 11.3 Å².